The van der Waals surface area contributed by atoms with Crippen LogP contribution in [-0.2, 0) is 9.59 Å². The summed E-state index contributed by atoms with van der Waals surface area (Å²) in [7, 11) is 0. The lowest BCUT2D eigenvalue weighted by molar-refractivity contribution is -0.384. The molecule has 0 atom stereocenters. The zero-order valence-electron chi connectivity index (χ0n) is 15.3. The van der Waals surface area contributed by atoms with E-state index in [9.17, 15) is 19.7 Å². The first-order valence-corrected chi connectivity index (χ1v) is 8.93. The number of carbonyl (C=O) groups excluding carboxylic acids is 2. The average Bonchev–Trinajstić information content (AvgIpc) is 2.86. The molecule has 0 aromatic heterocycles. The minimum atomic E-state index is -0.479. The molecule has 2 amide bonds. The van der Waals surface area contributed by atoms with E-state index >= 15 is 0 Å². The van der Waals surface area contributed by atoms with Gasteiger partial charge in [0.15, 0.2) is 0 Å². The fourth-order valence-electron chi connectivity index (χ4n) is 3.54. The molecule has 0 bridgehead atoms. The summed E-state index contributed by atoms with van der Waals surface area (Å²) in [4.78, 5) is 39.7. The Kier molecular flexibility index (Phi) is 4.80. The summed E-state index contributed by atoms with van der Waals surface area (Å²) in [6.07, 6.45) is 1.94. The highest BCUT2D eigenvalue weighted by atomic mass is 16.6. The largest absolute Gasteiger partial charge is 0.366 e. The van der Waals surface area contributed by atoms with Crippen molar-refractivity contribution >= 4 is 23.1 Å². The van der Waals surface area contributed by atoms with Crippen LogP contribution < -0.4 is 0 Å². The molecule has 1 aromatic rings. The number of rotatable bonds is 4. The quantitative estimate of drug-likeness (QED) is 0.470. The number of benzene rings is 1. The number of non-ortho nitro benzene ring substituents is 1. The van der Waals surface area contributed by atoms with Crippen LogP contribution in [0.4, 0.5) is 5.69 Å². The maximum Gasteiger partial charge on any atom is 0.278 e. The van der Waals surface area contributed by atoms with E-state index in [4.69, 9.17) is 0 Å². The normalized spacial score (nSPS) is 19.1. The predicted molar refractivity (Wildman–Crippen MR) is 97.0 cm³/mol. The predicted octanol–water partition coefficient (Wildman–Crippen LogP) is 2.82. The van der Waals surface area contributed by atoms with E-state index in [1.54, 1.807) is 12.1 Å². The summed E-state index contributed by atoms with van der Waals surface area (Å²) in [6, 6.07) is 5.59. The number of piperidine rings is 1. The molecule has 2 aliphatic heterocycles. The van der Waals surface area contributed by atoms with E-state index in [0.717, 1.165) is 25.9 Å². The molecule has 2 heterocycles. The lowest BCUT2D eigenvalue weighted by Crippen LogP contribution is -2.41. The number of nitro groups is 1. The van der Waals surface area contributed by atoms with Gasteiger partial charge in [0.2, 0.25) is 0 Å². The van der Waals surface area contributed by atoms with Crippen LogP contribution in [0, 0.1) is 16.0 Å². The Morgan fingerprint density at radius 3 is 2.15 bits per heavy atom. The first-order valence-electron chi connectivity index (χ1n) is 8.93. The van der Waals surface area contributed by atoms with E-state index in [-0.39, 0.29) is 23.5 Å². The number of imide groups is 1. The van der Waals surface area contributed by atoms with Gasteiger partial charge in [-0.25, -0.2) is 0 Å². The molecule has 138 valence electrons. The SMILES string of the molecule is CC1CCN(C2=C(c3ccc([N+](=O)[O-])cc3)C(=O)N(C(C)C)C2=O)CC1. The Bertz CT molecular complexity index is 774. The zero-order valence-corrected chi connectivity index (χ0v) is 15.3. The van der Waals surface area contributed by atoms with Gasteiger partial charge in [0.25, 0.3) is 17.5 Å². The number of likely N-dealkylation sites (tertiary alicyclic amines) is 1. The molecule has 7 heteroatoms. The van der Waals surface area contributed by atoms with Crippen LogP contribution in [0.2, 0.25) is 0 Å². The molecule has 26 heavy (non-hydrogen) atoms. The number of carbonyl (C=O) groups is 2. The molecular weight excluding hydrogens is 334 g/mol. The fraction of sp³-hybridized carbons (Fsp3) is 0.474. The van der Waals surface area contributed by atoms with Crippen LogP contribution in [0.3, 0.4) is 0 Å². The molecular formula is C19H23N3O4. The number of amides is 2. The van der Waals surface area contributed by atoms with Crippen molar-refractivity contribution in [3.05, 3.63) is 45.6 Å². The standard InChI is InChI=1S/C19H23N3O4/c1-12(2)21-18(23)16(14-4-6-15(7-5-14)22(25)26)17(19(21)24)20-10-8-13(3)9-11-20/h4-7,12-13H,8-11H2,1-3H3. The van der Waals surface area contributed by atoms with Gasteiger partial charge in [0.05, 0.1) is 10.5 Å². The van der Waals surface area contributed by atoms with Crippen LogP contribution in [0.25, 0.3) is 5.57 Å². The first-order chi connectivity index (χ1) is 12.3. The van der Waals surface area contributed by atoms with Gasteiger partial charge in [0.1, 0.15) is 5.70 Å². The third-order valence-corrected chi connectivity index (χ3v) is 5.07. The topological polar surface area (TPSA) is 83.8 Å². The Morgan fingerprint density at radius 1 is 1.08 bits per heavy atom. The van der Waals surface area contributed by atoms with Crippen molar-refractivity contribution in [1.82, 2.24) is 9.80 Å². The van der Waals surface area contributed by atoms with E-state index < -0.39 is 4.92 Å². The lowest BCUT2D eigenvalue weighted by atomic mass is 9.97. The molecule has 0 spiro atoms. The van der Waals surface area contributed by atoms with Gasteiger partial charge in [0, 0.05) is 31.3 Å². The average molecular weight is 357 g/mol. The van der Waals surface area contributed by atoms with Gasteiger partial charge in [-0.05, 0) is 50.3 Å². The second-order valence-corrected chi connectivity index (χ2v) is 7.27. The Morgan fingerprint density at radius 2 is 1.65 bits per heavy atom. The molecule has 0 saturated carbocycles. The second-order valence-electron chi connectivity index (χ2n) is 7.27. The maximum atomic E-state index is 13.0. The van der Waals surface area contributed by atoms with E-state index in [2.05, 4.69) is 6.92 Å². The molecule has 1 fully saturated rings. The van der Waals surface area contributed by atoms with E-state index in [0.29, 0.717) is 22.8 Å². The highest BCUT2D eigenvalue weighted by molar-refractivity contribution is 6.35. The Balaban J connectivity index is 2.06. The van der Waals surface area contributed by atoms with Crippen molar-refractivity contribution in [2.45, 2.75) is 39.7 Å². The van der Waals surface area contributed by atoms with Crippen LogP contribution in [0.15, 0.2) is 30.0 Å². The van der Waals surface area contributed by atoms with Crippen LogP contribution in [0.1, 0.15) is 39.2 Å². The molecule has 0 aliphatic carbocycles. The minimum Gasteiger partial charge on any atom is -0.366 e. The van der Waals surface area contributed by atoms with Crippen LogP contribution in [-0.4, -0.2) is 45.7 Å². The van der Waals surface area contributed by atoms with Crippen LogP contribution in [0.5, 0.6) is 0 Å². The monoisotopic (exact) mass is 357 g/mol. The van der Waals surface area contributed by atoms with Gasteiger partial charge in [-0.1, -0.05) is 6.92 Å². The van der Waals surface area contributed by atoms with Crippen molar-refractivity contribution in [3.63, 3.8) is 0 Å². The van der Waals surface area contributed by atoms with Crippen molar-refractivity contribution in [3.8, 4) is 0 Å². The molecule has 3 rings (SSSR count). The van der Waals surface area contributed by atoms with Gasteiger partial charge in [-0.15, -0.1) is 0 Å². The van der Waals surface area contributed by atoms with Crippen molar-refractivity contribution in [2.75, 3.05) is 13.1 Å². The van der Waals surface area contributed by atoms with Gasteiger partial charge >= 0.3 is 0 Å². The van der Waals surface area contributed by atoms with Gasteiger partial charge in [-0.2, -0.15) is 0 Å². The molecule has 0 unspecified atom stereocenters. The summed E-state index contributed by atoms with van der Waals surface area (Å²) < 4.78 is 0. The summed E-state index contributed by atoms with van der Waals surface area (Å²) in [5.74, 6) is 0.00321. The third-order valence-electron chi connectivity index (χ3n) is 5.07. The third kappa shape index (κ3) is 3.09. The first kappa shape index (κ1) is 18.1. The Labute approximate surface area is 152 Å². The Hall–Kier alpha value is -2.70. The number of hydrogen-bond donors (Lipinski definition) is 0. The maximum absolute atomic E-state index is 13.0. The summed E-state index contributed by atoms with van der Waals surface area (Å²) in [5.41, 5.74) is 1.29. The smallest absolute Gasteiger partial charge is 0.278 e. The minimum absolute atomic E-state index is 0.0415. The number of hydrogen-bond acceptors (Lipinski definition) is 5. The van der Waals surface area contributed by atoms with Crippen molar-refractivity contribution < 1.29 is 14.5 Å². The molecule has 0 radical (unpaired) electrons. The highest BCUT2D eigenvalue weighted by Gasteiger charge is 2.43. The molecule has 0 N–H and O–H groups in total. The van der Waals surface area contributed by atoms with Crippen LogP contribution >= 0.6 is 0 Å². The summed E-state index contributed by atoms with van der Waals surface area (Å²) in [6.45, 7) is 7.27. The number of nitro benzene ring substituents is 1. The van der Waals surface area contributed by atoms with Gasteiger partial charge < -0.3 is 4.90 Å². The van der Waals surface area contributed by atoms with Gasteiger partial charge in [-0.3, -0.25) is 24.6 Å². The van der Waals surface area contributed by atoms with E-state index in [1.807, 2.05) is 18.7 Å². The lowest BCUT2D eigenvalue weighted by Gasteiger charge is -2.33. The van der Waals surface area contributed by atoms with E-state index in [1.165, 1.54) is 17.0 Å². The molecule has 2 aliphatic rings. The summed E-state index contributed by atoms with van der Waals surface area (Å²) in [5, 5.41) is 10.9. The zero-order chi connectivity index (χ0) is 19.0. The fourth-order valence-corrected chi connectivity index (χ4v) is 3.54. The van der Waals surface area contributed by atoms with Crippen molar-refractivity contribution in [1.29, 1.82) is 0 Å². The molecule has 1 aromatic carbocycles. The number of nitrogens with zero attached hydrogens (tertiary/aromatic N) is 3. The second kappa shape index (κ2) is 6.90. The molecule has 7 nitrogen and oxygen atoms in total. The van der Waals surface area contributed by atoms with Crippen molar-refractivity contribution in [2.24, 2.45) is 5.92 Å². The summed E-state index contributed by atoms with van der Waals surface area (Å²) >= 11 is 0. The molecule has 1 saturated heterocycles. The highest BCUT2D eigenvalue weighted by Crippen LogP contribution is 2.35.